The van der Waals surface area contributed by atoms with Gasteiger partial charge in [0.25, 0.3) is 5.91 Å². The van der Waals surface area contributed by atoms with Gasteiger partial charge in [-0.1, -0.05) is 5.16 Å². The normalized spacial score (nSPS) is 22.1. The summed E-state index contributed by atoms with van der Waals surface area (Å²) in [5.74, 6) is -1.98. The van der Waals surface area contributed by atoms with Crippen LogP contribution >= 0.6 is 11.3 Å². The minimum Gasteiger partial charge on any atom is -0.480 e. The third-order valence-electron chi connectivity index (χ3n) is 4.28. The highest BCUT2D eigenvalue weighted by atomic mass is 32.1. The molecule has 1 aliphatic carbocycles. The summed E-state index contributed by atoms with van der Waals surface area (Å²) in [7, 11) is 1.41. The molecule has 2 aromatic rings. The summed E-state index contributed by atoms with van der Waals surface area (Å²) in [4.78, 5) is 40.7. The van der Waals surface area contributed by atoms with E-state index in [2.05, 4.69) is 20.8 Å². The maximum Gasteiger partial charge on any atom is 0.326 e. The predicted molar refractivity (Wildman–Crippen MR) is 92.2 cm³/mol. The largest absolute Gasteiger partial charge is 0.480 e. The molecule has 0 bridgehead atoms. The Kier molecular flexibility index (Phi) is 5.24. The van der Waals surface area contributed by atoms with Gasteiger partial charge in [0.15, 0.2) is 5.69 Å². The molecule has 0 aromatic carbocycles. The maximum atomic E-state index is 12.8. The van der Waals surface area contributed by atoms with E-state index in [-0.39, 0.29) is 18.5 Å². The average Bonchev–Trinajstić information content (AvgIpc) is 2.97. The summed E-state index contributed by atoms with van der Waals surface area (Å²) < 4.78 is 10.1. The smallest absolute Gasteiger partial charge is 0.326 e. The zero-order chi connectivity index (χ0) is 19.6. The first-order valence-electron chi connectivity index (χ1n) is 8.05. The lowest BCUT2D eigenvalue weighted by molar-refractivity contribution is -0.142. The van der Waals surface area contributed by atoms with E-state index in [0.29, 0.717) is 11.5 Å². The monoisotopic (exact) mass is 394 g/mol. The molecule has 2 unspecified atom stereocenters. The van der Waals surface area contributed by atoms with Crippen LogP contribution < -0.4 is 10.6 Å². The van der Waals surface area contributed by atoms with Crippen LogP contribution in [0.5, 0.6) is 0 Å². The van der Waals surface area contributed by atoms with E-state index < -0.39 is 35.5 Å². The topological polar surface area (TPSA) is 144 Å². The van der Waals surface area contributed by atoms with Crippen LogP contribution in [0.4, 0.5) is 0 Å². The Morgan fingerprint density at radius 1 is 1.52 bits per heavy atom. The second-order valence-corrected chi connectivity index (χ2v) is 6.94. The van der Waals surface area contributed by atoms with Crippen LogP contribution in [0, 0.1) is 6.92 Å². The zero-order valence-electron chi connectivity index (χ0n) is 14.6. The number of hydrogen-bond donors (Lipinski definition) is 3. The van der Waals surface area contributed by atoms with Gasteiger partial charge < -0.3 is 25.0 Å². The second kappa shape index (κ2) is 7.45. The van der Waals surface area contributed by atoms with Crippen molar-refractivity contribution in [3.05, 3.63) is 34.1 Å². The summed E-state index contributed by atoms with van der Waals surface area (Å²) >= 11 is 1.33. The summed E-state index contributed by atoms with van der Waals surface area (Å²) in [6.45, 7) is 1.64. The van der Waals surface area contributed by atoms with Gasteiger partial charge in [-0.3, -0.25) is 9.59 Å². The lowest BCUT2D eigenvalue weighted by atomic mass is 10.1. The highest BCUT2D eigenvalue weighted by Crippen LogP contribution is 2.39. The number of nitrogens with one attached hydrogen (secondary N) is 2. The summed E-state index contributed by atoms with van der Waals surface area (Å²) in [6.07, 6.45) is -0.307. The first-order valence-corrected chi connectivity index (χ1v) is 8.99. The van der Waals surface area contributed by atoms with E-state index in [1.165, 1.54) is 24.5 Å². The van der Waals surface area contributed by atoms with Crippen molar-refractivity contribution >= 4 is 29.1 Å². The van der Waals surface area contributed by atoms with Crippen molar-refractivity contribution in [3.8, 4) is 0 Å². The van der Waals surface area contributed by atoms with Crippen molar-refractivity contribution in [2.75, 3.05) is 7.11 Å². The van der Waals surface area contributed by atoms with Crippen molar-refractivity contribution in [1.82, 2.24) is 20.8 Å². The standard InChI is InChI=1S/C16H18N4O6S/c1-8-3-10(20-26-8)13(21)19-16(5-12(16)25-2)15(24)18-11(14(22)23)4-9-6-27-7-17-9/h3,6-7,11-12H,4-5H2,1-2H3,(H,18,24)(H,19,21)(H,22,23)/t11-,12?,16?/m0/s1. The SMILES string of the molecule is COC1CC1(NC(=O)c1cc(C)on1)C(=O)N[C@@H](Cc1cscn1)C(=O)O. The minimum atomic E-state index is -1.35. The van der Waals surface area contributed by atoms with E-state index in [4.69, 9.17) is 9.26 Å². The molecule has 1 aliphatic rings. The van der Waals surface area contributed by atoms with Crippen molar-refractivity contribution in [1.29, 1.82) is 0 Å². The molecular formula is C16H18N4O6S. The number of carboxylic acid groups (broad SMARTS) is 1. The van der Waals surface area contributed by atoms with E-state index >= 15 is 0 Å². The van der Waals surface area contributed by atoms with Crippen LogP contribution in [0.25, 0.3) is 0 Å². The molecule has 2 aromatic heterocycles. The van der Waals surface area contributed by atoms with Gasteiger partial charge in [0.2, 0.25) is 5.91 Å². The third kappa shape index (κ3) is 3.98. The number of aromatic nitrogens is 2. The van der Waals surface area contributed by atoms with Crippen molar-refractivity contribution in [3.63, 3.8) is 0 Å². The molecule has 27 heavy (non-hydrogen) atoms. The van der Waals surface area contributed by atoms with Gasteiger partial charge in [-0.15, -0.1) is 11.3 Å². The number of hydrogen-bond acceptors (Lipinski definition) is 8. The molecular weight excluding hydrogens is 376 g/mol. The van der Waals surface area contributed by atoms with E-state index in [1.807, 2.05) is 0 Å². The van der Waals surface area contributed by atoms with Gasteiger partial charge in [0, 0.05) is 31.4 Å². The maximum absolute atomic E-state index is 12.8. The number of aliphatic carboxylic acids is 1. The molecule has 1 saturated carbocycles. The molecule has 2 heterocycles. The molecule has 3 rings (SSSR count). The number of carboxylic acids is 1. The molecule has 0 spiro atoms. The van der Waals surface area contributed by atoms with Crippen LogP contribution in [0.1, 0.15) is 28.4 Å². The van der Waals surface area contributed by atoms with Crippen LogP contribution in [0.2, 0.25) is 0 Å². The van der Waals surface area contributed by atoms with Crippen LogP contribution in [-0.4, -0.2) is 57.8 Å². The van der Waals surface area contributed by atoms with Gasteiger partial charge in [-0.25, -0.2) is 9.78 Å². The molecule has 11 heteroatoms. The third-order valence-corrected chi connectivity index (χ3v) is 4.92. The fraction of sp³-hybridized carbons (Fsp3) is 0.438. The Bertz CT molecular complexity index is 851. The van der Waals surface area contributed by atoms with Crippen LogP contribution in [0.15, 0.2) is 21.5 Å². The molecule has 1 fully saturated rings. The first kappa shape index (κ1) is 19.0. The Hall–Kier alpha value is -2.79. The summed E-state index contributed by atoms with van der Waals surface area (Å²) in [5, 5.41) is 19.8. The lowest BCUT2D eigenvalue weighted by Gasteiger charge is -2.21. The Labute approximate surface area is 157 Å². The lowest BCUT2D eigenvalue weighted by Crippen LogP contribution is -2.55. The van der Waals surface area contributed by atoms with E-state index in [9.17, 15) is 19.5 Å². The number of rotatable bonds is 8. The number of aryl methyl sites for hydroxylation is 1. The number of thiazole rings is 1. The van der Waals surface area contributed by atoms with Gasteiger partial charge >= 0.3 is 5.97 Å². The quantitative estimate of drug-likeness (QED) is 0.573. The molecule has 10 nitrogen and oxygen atoms in total. The fourth-order valence-electron chi connectivity index (χ4n) is 2.72. The fourth-order valence-corrected chi connectivity index (χ4v) is 3.29. The van der Waals surface area contributed by atoms with Crippen molar-refractivity contribution < 1.29 is 28.8 Å². The summed E-state index contributed by atoms with van der Waals surface area (Å²) in [6, 6.07) is 0.258. The average molecular weight is 394 g/mol. The predicted octanol–water partition coefficient (Wildman–Crippen LogP) is 0.139. The van der Waals surface area contributed by atoms with Gasteiger partial charge in [-0.05, 0) is 6.92 Å². The Morgan fingerprint density at radius 3 is 2.81 bits per heavy atom. The number of ether oxygens (including phenoxy) is 1. The van der Waals surface area contributed by atoms with Gasteiger partial charge in [0.05, 0.1) is 17.3 Å². The molecule has 0 saturated heterocycles. The number of nitrogens with zero attached hydrogens (tertiary/aromatic N) is 2. The number of carbonyl (C=O) groups excluding carboxylic acids is 2. The van der Waals surface area contributed by atoms with Crippen molar-refractivity contribution in [2.24, 2.45) is 0 Å². The van der Waals surface area contributed by atoms with Crippen molar-refractivity contribution in [2.45, 2.75) is 37.5 Å². The highest BCUT2D eigenvalue weighted by Gasteiger charge is 2.62. The minimum absolute atomic E-state index is 0.0266. The second-order valence-electron chi connectivity index (χ2n) is 6.22. The molecule has 144 valence electrons. The van der Waals surface area contributed by atoms with Gasteiger partial charge in [0.1, 0.15) is 17.3 Å². The Balaban J connectivity index is 1.72. The molecule has 0 aliphatic heterocycles. The highest BCUT2D eigenvalue weighted by molar-refractivity contribution is 7.07. The molecule has 2 amide bonds. The van der Waals surface area contributed by atoms with Crippen LogP contribution in [-0.2, 0) is 20.7 Å². The Morgan fingerprint density at radius 2 is 2.30 bits per heavy atom. The molecule has 0 radical (unpaired) electrons. The number of amides is 2. The van der Waals surface area contributed by atoms with Gasteiger partial charge in [-0.2, -0.15) is 0 Å². The first-order chi connectivity index (χ1) is 12.9. The number of carbonyl (C=O) groups is 3. The van der Waals surface area contributed by atoms with E-state index in [1.54, 1.807) is 17.8 Å². The van der Waals surface area contributed by atoms with E-state index in [0.717, 1.165) is 0 Å². The van der Waals surface area contributed by atoms with Crippen LogP contribution in [0.3, 0.4) is 0 Å². The molecule has 3 N–H and O–H groups in total. The zero-order valence-corrected chi connectivity index (χ0v) is 15.4. The summed E-state index contributed by atoms with van der Waals surface area (Å²) in [5.41, 5.74) is 0.815. The number of methoxy groups -OCH3 is 1. The molecule has 3 atom stereocenters.